The van der Waals surface area contributed by atoms with E-state index in [2.05, 4.69) is 11.9 Å². The maximum absolute atomic E-state index is 14.6. The van der Waals surface area contributed by atoms with E-state index in [1.165, 1.54) is 12.1 Å². The van der Waals surface area contributed by atoms with Gasteiger partial charge in [0.2, 0.25) is 0 Å². The van der Waals surface area contributed by atoms with Crippen molar-refractivity contribution >= 4 is 17.7 Å². The molecule has 140 valence electrons. The molecule has 0 aliphatic rings. The minimum absolute atomic E-state index is 0.000637. The van der Waals surface area contributed by atoms with Gasteiger partial charge in [0, 0.05) is 23.7 Å². The standard InChI is InChI=1S/C20H23F2NO2S/c1-3-10-26-20-15(7-5-9-23-20)14-11-16(21)19(17(22)12-14)13(2)6-4-8-18(24)25/h5,7,9,11-13H,3-4,6,8,10H2,1-2H3,(H,24,25). The first-order valence-corrected chi connectivity index (χ1v) is 9.71. The second-order valence-electron chi connectivity index (χ2n) is 6.25. The monoisotopic (exact) mass is 379 g/mol. The molecule has 3 nitrogen and oxygen atoms in total. The Morgan fingerprint density at radius 2 is 2.00 bits per heavy atom. The van der Waals surface area contributed by atoms with Gasteiger partial charge in [0.05, 0.1) is 0 Å². The Kier molecular flexibility index (Phi) is 7.57. The van der Waals surface area contributed by atoms with Crippen molar-refractivity contribution in [2.75, 3.05) is 5.75 Å². The Morgan fingerprint density at radius 1 is 1.31 bits per heavy atom. The van der Waals surface area contributed by atoms with Gasteiger partial charge < -0.3 is 5.11 Å². The predicted molar refractivity (Wildman–Crippen MR) is 101 cm³/mol. The Labute approximate surface area is 156 Å². The smallest absolute Gasteiger partial charge is 0.303 e. The lowest BCUT2D eigenvalue weighted by atomic mass is 9.92. The summed E-state index contributed by atoms with van der Waals surface area (Å²) in [6.45, 7) is 3.78. The van der Waals surface area contributed by atoms with Crippen molar-refractivity contribution < 1.29 is 18.7 Å². The normalized spacial score (nSPS) is 12.2. The first-order valence-electron chi connectivity index (χ1n) is 8.73. The van der Waals surface area contributed by atoms with Crippen molar-refractivity contribution in [1.29, 1.82) is 0 Å². The Bertz CT molecular complexity index is 744. The molecule has 26 heavy (non-hydrogen) atoms. The molecule has 2 rings (SSSR count). The van der Waals surface area contributed by atoms with Crippen LogP contribution in [0.1, 0.15) is 51.0 Å². The molecule has 2 aromatic rings. The van der Waals surface area contributed by atoms with Crippen molar-refractivity contribution in [3.63, 3.8) is 0 Å². The molecule has 0 aliphatic heterocycles. The van der Waals surface area contributed by atoms with E-state index in [0.29, 0.717) is 24.0 Å². The summed E-state index contributed by atoms with van der Waals surface area (Å²) in [5.74, 6) is -1.60. The molecule has 0 saturated heterocycles. The van der Waals surface area contributed by atoms with Crippen LogP contribution in [0.4, 0.5) is 8.78 Å². The third kappa shape index (κ3) is 5.27. The summed E-state index contributed by atoms with van der Waals surface area (Å²) in [5.41, 5.74) is 1.20. The molecule has 1 aromatic heterocycles. The maximum Gasteiger partial charge on any atom is 0.303 e. The van der Waals surface area contributed by atoms with Gasteiger partial charge in [0.15, 0.2) is 0 Å². The summed E-state index contributed by atoms with van der Waals surface area (Å²) in [6, 6.07) is 6.26. The molecule has 0 aliphatic carbocycles. The number of hydrogen-bond donors (Lipinski definition) is 1. The molecule has 0 radical (unpaired) electrons. The van der Waals surface area contributed by atoms with Gasteiger partial charge in [0.1, 0.15) is 16.7 Å². The van der Waals surface area contributed by atoms with Crippen LogP contribution in [-0.2, 0) is 4.79 Å². The molecule has 0 fully saturated rings. The third-order valence-corrected chi connectivity index (χ3v) is 5.34. The van der Waals surface area contributed by atoms with Gasteiger partial charge >= 0.3 is 5.97 Å². The predicted octanol–water partition coefficient (Wildman–Crippen LogP) is 5.89. The van der Waals surface area contributed by atoms with Gasteiger partial charge in [-0.2, -0.15) is 0 Å². The zero-order valence-electron chi connectivity index (χ0n) is 15.0. The number of thioether (sulfide) groups is 1. The van der Waals surface area contributed by atoms with Crippen LogP contribution >= 0.6 is 11.8 Å². The largest absolute Gasteiger partial charge is 0.481 e. The van der Waals surface area contributed by atoms with Crippen LogP contribution in [0, 0.1) is 11.6 Å². The van der Waals surface area contributed by atoms with Gasteiger partial charge in [-0.05, 0) is 54.7 Å². The van der Waals surface area contributed by atoms with Crippen LogP contribution in [-0.4, -0.2) is 21.8 Å². The van der Waals surface area contributed by atoms with Crippen molar-refractivity contribution in [3.05, 3.63) is 47.7 Å². The van der Waals surface area contributed by atoms with Gasteiger partial charge in [-0.25, -0.2) is 13.8 Å². The fourth-order valence-electron chi connectivity index (χ4n) is 2.84. The highest BCUT2D eigenvalue weighted by molar-refractivity contribution is 7.99. The lowest BCUT2D eigenvalue weighted by molar-refractivity contribution is -0.137. The number of rotatable bonds is 9. The van der Waals surface area contributed by atoms with Gasteiger partial charge in [-0.1, -0.05) is 19.9 Å². The van der Waals surface area contributed by atoms with Crippen molar-refractivity contribution in [1.82, 2.24) is 4.98 Å². The average molecular weight is 379 g/mol. The molecular weight excluding hydrogens is 356 g/mol. The zero-order valence-corrected chi connectivity index (χ0v) is 15.8. The van der Waals surface area contributed by atoms with Crippen LogP contribution in [0.15, 0.2) is 35.5 Å². The minimum atomic E-state index is -0.901. The fraction of sp³-hybridized carbons (Fsp3) is 0.400. The number of aliphatic carboxylic acids is 1. The van der Waals surface area contributed by atoms with E-state index in [9.17, 15) is 13.6 Å². The Balaban J connectivity index is 2.28. The van der Waals surface area contributed by atoms with Crippen LogP contribution in [0.25, 0.3) is 11.1 Å². The summed E-state index contributed by atoms with van der Waals surface area (Å²) in [4.78, 5) is 14.9. The summed E-state index contributed by atoms with van der Waals surface area (Å²) in [7, 11) is 0. The van der Waals surface area contributed by atoms with E-state index in [1.54, 1.807) is 30.9 Å². The number of carboxylic acids is 1. The number of nitrogens with zero attached hydrogens (tertiary/aromatic N) is 1. The van der Waals surface area contributed by atoms with Crippen LogP contribution in [0.2, 0.25) is 0 Å². The van der Waals surface area contributed by atoms with Crippen LogP contribution in [0.5, 0.6) is 0 Å². The van der Waals surface area contributed by atoms with E-state index in [-0.39, 0.29) is 17.9 Å². The van der Waals surface area contributed by atoms with E-state index >= 15 is 0 Å². The fourth-order valence-corrected chi connectivity index (χ4v) is 3.71. The molecule has 1 heterocycles. The molecule has 1 N–H and O–H groups in total. The summed E-state index contributed by atoms with van der Waals surface area (Å²) in [5, 5.41) is 9.46. The second kappa shape index (κ2) is 9.67. The molecule has 0 spiro atoms. The molecular formula is C20H23F2NO2S. The quantitative estimate of drug-likeness (QED) is 0.552. The zero-order chi connectivity index (χ0) is 19.1. The van der Waals surface area contributed by atoms with Gasteiger partial charge in [-0.3, -0.25) is 4.79 Å². The first kappa shape index (κ1) is 20.4. The number of pyridine rings is 1. The lowest BCUT2D eigenvalue weighted by Gasteiger charge is -2.15. The molecule has 1 unspecified atom stereocenters. The molecule has 6 heteroatoms. The highest BCUT2D eigenvalue weighted by Gasteiger charge is 2.19. The van der Waals surface area contributed by atoms with Gasteiger partial charge in [0.25, 0.3) is 0 Å². The number of carbonyl (C=O) groups is 1. The highest BCUT2D eigenvalue weighted by Crippen LogP contribution is 2.34. The van der Waals surface area contributed by atoms with Crippen molar-refractivity contribution in [3.8, 4) is 11.1 Å². The molecule has 0 bridgehead atoms. The third-order valence-electron chi connectivity index (χ3n) is 4.12. The number of halogens is 2. The lowest BCUT2D eigenvalue weighted by Crippen LogP contribution is -2.04. The average Bonchev–Trinajstić information content (AvgIpc) is 2.59. The molecule has 1 aromatic carbocycles. The van der Waals surface area contributed by atoms with Crippen molar-refractivity contribution in [2.24, 2.45) is 0 Å². The molecule has 0 saturated carbocycles. The van der Waals surface area contributed by atoms with Crippen LogP contribution < -0.4 is 0 Å². The minimum Gasteiger partial charge on any atom is -0.481 e. The van der Waals surface area contributed by atoms with E-state index in [4.69, 9.17) is 5.11 Å². The van der Waals surface area contributed by atoms with Gasteiger partial charge in [-0.15, -0.1) is 11.8 Å². The number of hydrogen-bond acceptors (Lipinski definition) is 3. The Morgan fingerprint density at radius 3 is 2.62 bits per heavy atom. The summed E-state index contributed by atoms with van der Waals surface area (Å²) >= 11 is 1.57. The molecule has 1 atom stereocenters. The number of carboxylic acid groups (broad SMARTS) is 1. The number of benzene rings is 1. The van der Waals surface area contributed by atoms with Crippen molar-refractivity contribution in [2.45, 2.75) is 50.5 Å². The van der Waals surface area contributed by atoms with E-state index < -0.39 is 17.6 Å². The second-order valence-corrected chi connectivity index (χ2v) is 7.33. The summed E-state index contributed by atoms with van der Waals surface area (Å²) < 4.78 is 29.3. The van der Waals surface area contributed by atoms with E-state index in [1.807, 2.05) is 6.07 Å². The maximum atomic E-state index is 14.6. The van der Waals surface area contributed by atoms with Crippen LogP contribution in [0.3, 0.4) is 0 Å². The topological polar surface area (TPSA) is 50.2 Å². The highest BCUT2D eigenvalue weighted by atomic mass is 32.2. The molecule has 0 amide bonds. The summed E-state index contributed by atoms with van der Waals surface area (Å²) in [6.07, 6.45) is 3.46. The Hall–Kier alpha value is -1.95. The number of aromatic nitrogens is 1. The first-order chi connectivity index (χ1) is 12.4. The van der Waals surface area contributed by atoms with E-state index in [0.717, 1.165) is 17.2 Å². The SMILES string of the molecule is CCCSc1ncccc1-c1cc(F)c(C(C)CCCC(=O)O)c(F)c1.